The summed E-state index contributed by atoms with van der Waals surface area (Å²) in [6, 6.07) is 41.2. The van der Waals surface area contributed by atoms with Crippen molar-refractivity contribution in [2.75, 3.05) is 0 Å². The lowest BCUT2D eigenvalue weighted by Gasteiger charge is -2.18. The predicted molar refractivity (Wildman–Crippen MR) is 166 cm³/mol. The van der Waals surface area contributed by atoms with Crippen molar-refractivity contribution in [1.29, 1.82) is 0 Å². The van der Waals surface area contributed by atoms with Crippen molar-refractivity contribution in [3.8, 4) is 33.6 Å². The molecule has 40 heavy (non-hydrogen) atoms. The Labute approximate surface area is 231 Å². The third-order valence-corrected chi connectivity index (χ3v) is 7.83. The van der Waals surface area contributed by atoms with Crippen LogP contribution in [0.2, 0.25) is 0 Å². The third kappa shape index (κ3) is 3.56. The van der Waals surface area contributed by atoms with E-state index < -0.39 is 0 Å². The number of hydrogen-bond donors (Lipinski definition) is 0. The number of rotatable bonds is 3. The quantitative estimate of drug-likeness (QED) is 0.176. The van der Waals surface area contributed by atoms with Crippen LogP contribution in [0, 0.1) is 0 Å². The van der Waals surface area contributed by atoms with E-state index in [0.717, 1.165) is 16.7 Å². The summed E-state index contributed by atoms with van der Waals surface area (Å²) in [6.45, 7) is 0. The first kappa shape index (κ1) is 22.6. The molecule has 0 aliphatic heterocycles. The van der Waals surface area contributed by atoms with Gasteiger partial charge in [0.1, 0.15) is 0 Å². The number of hydrogen-bond acceptors (Lipinski definition) is 3. The first-order valence-electron chi connectivity index (χ1n) is 13.4. The fourth-order valence-electron chi connectivity index (χ4n) is 6.01. The summed E-state index contributed by atoms with van der Waals surface area (Å²) >= 11 is 0. The summed E-state index contributed by atoms with van der Waals surface area (Å²) in [5.41, 5.74) is 5.52. The fraction of sp³-hybridized carbons (Fsp3) is 0. The van der Waals surface area contributed by atoms with Gasteiger partial charge in [-0.05, 0) is 72.4 Å². The van der Waals surface area contributed by atoms with Crippen LogP contribution in [0.1, 0.15) is 0 Å². The van der Waals surface area contributed by atoms with Crippen molar-refractivity contribution in [1.82, 2.24) is 15.0 Å². The summed E-state index contributed by atoms with van der Waals surface area (Å²) in [5.74, 6) is 0.672. The Kier molecular flexibility index (Phi) is 5.14. The molecule has 0 atom stereocenters. The van der Waals surface area contributed by atoms with Gasteiger partial charge in [0.25, 0.3) is 0 Å². The summed E-state index contributed by atoms with van der Waals surface area (Å²) < 4.78 is 0. The lowest BCUT2D eigenvalue weighted by atomic mass is 9.86. The van der Waals surface area contributed by atoms with E-state index in [9.17, 15) is 0 Å². The van der Waals surface area contributed by atoms with Crippen LogP contribution >= 0.6 is 0 Å². The van der Waals surface area contributed by atoms with Crippen molar-refractivity contribution < 1.29 is 0 Å². The number of fused-ring (bicyclic) bond motifs is 5. The monoisotopic (exact) mass is 509 g/mol. The minimum absolute atomic E-state index is 0.672. The van der Waals surface area contributed by atoms with Gasteiger partial charge in [0.05, 0.1) is 0 Å². The van der Waals surface area contributed by atoms with E-state index in [-0.39, 0.29) is 0 Å². The van der Waals surface area contributed by atoms with Crippen LogP contribution in [0.25, 0.3) is 76.7 Å². The highest BCUT2D eigenvalue weighted by atomic mass is 14.9. The van der Waals surface area contributed by atoms with Gasteiger partial charge in [-0.15, -0.1) is 0 Å². The molecule has 0 radical (unpaired) electrons. The lowest BCUT2D eigenvalue weighted by Crippen LogP contribution is -1.94. The third-order valence-electron chi connectivity index (χ3n) is 7.83. The minimum Gasteiger partial charge on any atom is -0.264 e. The van der Waals surface area contributed by atoms with E-state index in [2.05, 4.69) is 108 Å². The molecule has 0 saturated heterocycles. The molecule has 2 aromatic heterocycles. The van der Waals surface area contributed by atoms with E-state index in [4.69, 9.17) is 9.97 Å². The minimum atomic E-state index is 0.672. The number of nitrogens with zero attached hydrogens (tertiary/aromatic N) is 3. The van der Waals surface area contributed by atoms with Gasteiger partial charge in [-0.1, -0.05) is 97.1 Å². The topological polar surface area (TPSA) is 38.7 Å². The van der Waals surface area contributed by atoms with E-state index >= 15 is 0 Å². The molecule has 0 bridgehead atoms. The molecule has 8 rings (SSSR count). The highest BCUT2D eigenvalue weighted by Crippen LogP contribution is 2.44. The zero-order valence-corrected chi connectivity index (χ0v) is 21.6. The first-order chi connectivity index (χ1) is 19.8. The van der Waals surface area contributed by atoms with E-state index in [0.29, 0.717) is 5.82 Å². The molecule has 0 N–H and O–H groups in total. The van der Waals surface area contributed by atoms with Crippen molar-refractivity contribution in [2.45, 2.75) is 0 Å². The molecule has 0 saturated carbocycles. The van der Waals surface area contributed by atoms with E-state index in [1.54, 1.807) is 12.4 Å². The normalized spacial score (nSPS) is 11.5. The smallest absolute Gasteiger partial charge is 0.160 e. The zero-order chi connectivity index (χ0) is 26.5. The largest absolute Gasteiger partial charge is 0.264 e. The Morgan fingerprint density at radius 2 is 0.925 bits per heavy atom. The van der Waals surface area contributed by atoms with Crippen LogP contribution in [0.4, 0.5) is 0 Å². The average molecular weight is 510 g/mol. The van der Waals surface area contributed by atoms with Gasteiger partial charge in [-0.2, -0.15) is 0 Å². The number of benzene rings is 6. The van der Waals surface area contributed by atoms with Gasteiger partial charge in [0, 0.05) is 41.5 Å². The molecule has 3 nitrogen and oxygen atoms in total. The van der Waals surface area contributed by atoms with E-state index in [1.165, 1.54) is 54.2 Å². The van der Waals surface area contributed by atoms with Gasteiger partial charge in [-0.25, -0.2) is 9.97 Å². The maximum Gasteiger partial charge on any atom is 0.160 e. The molecule has 0 fully saturated rings. The average Bonchev–Trinajstić information content (AvgIpc) is 3.04. The summed E-state index contributed by atoms with van der Waals surface area (Å²) in [4.78, 5) is 13.7. The summed E-state index contributed by atoms with van der Waals surface area (Å²) in [7, 11) is 0. The Hall–Kier alpha value is -5.41. The molecule has 2 heterocycles. The van der Waals surface area contributed by atoms with Gasteiger partial charge in [-0.3, -0.25) is 4.98 Å². The highest BCUT2D eigenvalue weighted by Gasteiger charge is 2.17. The van der Waals surface area contributed by atoms with Crippen LogP contribution in [0.15, 0.2) is 140 Å². The highest BCUT2D eigenvalue weighted by molar-refractivity contribution is 6.22. The van der Waals surface area contributed by atoms with Crippen molar-refractivity contribution >= 4 is 43.1 Å². The van der Waals surface area contributed by atoms with Crippen LogP contribution < -0.4 is 0 Å². The molecule has 0 unspecified atom stereocenters. The van der Waals surface area contributed by atoms with Gasteiger partial charge >= 0.3 is 0 Å². The van der Waals surface area contributed by atoms with Gasteiger partial charge in [0.15, 0.2) is 5.82 Å². The van der Waals surface area contributed by atoms with Crippen molar-refractivity contribution in [2.24, 2.45) is 0 Å². The second-order valence-corrected chi connectivity index (χ2v) is 10.1. The second kappa shape index (κ2) is 9.11. The standard InChI is InChI=1S/C37H23N3/c1-2-10-29-24(8-1)15-16-25-17-18-26(20-34(25)29)35-30-11-3-5-13-32(30)36(33-14-6-4-12-31(33)35)28-22-39-37(40-23-28)27-9-7-19-38-21-27/h1-23H. The van der Waals surface area contributed by atoms with Crippen molar-refractivity contribution in [3.05, 3.63) is 140 Å². The Morgan fingerprint density at radius 3 is 1.55 bits per heavy atom. The molecule has 0 aliphatic carbocycles. The first-order valence-corrected chi connectivity index (χ1v) is 13.4. The molecular weight excluding hydrogens is 486 g/mol. The van der Waals surface area contributed by atoms with Crippen LogP contribution in [0.5, 0.6) is 0 Å². The number of aromatic nitrogens is 3. The Balaban J connectivity index is 1.40. The van der Waals surface area contributed by atoms with Crippen LogP contribution in [-0.4, -0.2) is 15.0 Å². The Morgan fingerprint density at radius 1 is 0.375 bits per heavy atom. The molecule has 8 aromatic rings. The molecule has 3 heteroatoms. The van der Waals surface area contributed by atoms with Crippen LogP contribution in [-0.2, 0) is 0 Å². The van der Waals surface area contributed by atoms with E-state index in [1.807, 2.05) is 24.5 Å². The molecule has 0 amide bonds. The maximum atomic E-state index is 4.73. The molecule has 6 aromatic carbocycles. The second-order valence-electron chi connectivity index (χ2n) is 10.1. The zero-order valence-electron chi connectivity index (χ0n) is 21.6. The molecular formula is C37H23N3. The number of pyridine rings is 1. The SMILES string of the molecule is c1cncc(-c2ncc(-c3c4ccccc4c(-c4ccc5ccc6ccccc6c5c4)c4ccccc34)cn2)c1. The van der Waals surface area contributed by atoms with Gasteiger partial charge < -0.3 is 0 Å². The summed E-state index contributed by atoms with van der Waals surface area (Å²) in [6.07, 6.45) is 7.42. The fourth-order valence-corrected chi connectivity index (χ4v) is 6.01. The van der Waals surface area contributed by atoms with Gasteiger partial charge in [0.2, 0.25) is 0 Å². The van der Waals surface area contributed by atoms with Crippen molar-refractivity contribution in [3.63, 3.8) is 0 Å². The predicted octanol–water partition coefficient (Wildman–Crippen LogP) is 9.49. The molecule has 0 spiro atoms. The molecule has 0 aliphatic rings. The Bertz CT molecular complexity index is 2140. The lowest BCUT2D eigenvalue weighted by molar-refractivity contribution is 1.17. The van der Waals surface area contributed by atoms with Crippen LogP contribution in [0.3, 0.4) is 0 Å². The summed E-state index contributed by atoms with van der Waals surface area (Å²) in [5, 5.41) is 9.86. The maximum absolute atomic E-state index is 4.73. The molecule has 186 valence electrons.